The van der Waals surface area contributed by atoms with Gasteiger partial charge in [0.05, 0.1) is 28.8 Å². The summed E-state index contributed by atoms with van der Waals surface area (Å²) in [6.07, 6.45) is 1.24. The molecular formula is C15H11Cl2N3O5. The highest BCUT2D eigenvalue weighted by Crippen LogP contribution is 2.31. The molecule has 0 radical (unpaired) electrons. The van der Waals surface area contributed by atoms with E-state index in [9.17, 15) is 20.0 Å². The van der Waals surface area contributed by atoms with Gasteiger partial charge in [-0.25, -0.2) is 5.43 Å². The lowest BCUT2D eigenvalue weighted by atomic mass is 10.1. The standard InChI is InChI=1S/C15H11Cl2N3O5/c1-25-14-8(4-9(16)5-12(14)17)7-18-19-15(22)11-6-10(20(23)24)2-3-13(11)21/h2-7,21H,1H3,(H,19,22)/b18-7-. The van der Waals surface area contributed by atoms with Crippen LogP contribution >= 0.6 is 23.2 Å². The van der Waals surface area contributed by atoms with E-state index in [0.717, 1.165) is 18.2 Å². The molecule has 8 nitrogen and oxygen atoms in total. The van der Waals surface area contributed by atoms with Crippen LogP contribution in [0.2, 0.25) is 10.0 Å². The molecule has 25 heavy (non-hydrogen) atoms. The summed E-state index contributed by atoms with van der Waals surface area (Å²) in [6, 6.07) is 6.08. The number of amides is 1. The Balaban J connectivity index is 2.22. The first-order valence-corrected chi connectivity index (χ1v) is 7.43. The molecule has 0 bridgehead atoms. The number of nitrogens with one attached hydrogen (secondary N) is 1. The van der Waals surface area contributed by atoms with E-state index in [1.807, 2.05) is 0 Å². The van der Waals surface area contributed by atoms with Gasteiger partial charge in [-0.15, -0.1) is 0 Å². The smallest absolute Gasteiger partial charge is 0.275 e. The first-order valence-electron chi connectivity index (χ1n) is 6.67. The van der Waals surface area contributed by atoms with Crippen LogP contribution in [0.5, 0.6) is 11.5 Å². The second-order valence-corrected chi connectivity index (χ2v) is 5.51. The Hall–Kier alpha value is -2.84. The Morgan fingerprint density at radius 2 is 2.08 bits per heavy atom. The Bertz CT molecular complexity index is 870. The van der Waals surface area contributed by atoms with E-state index in [4.69, 9.17) is 27.9 Å². The Kier molecular flexibility index (Phi) is 5.79. The second-order valence-electron chi connectivity index (χ2n) is 4.67. The van der Waals surface area contributed by atoms with Crippen molar-refractivity contribution in [3.8, 4) is 11.5 Å². The second kappa shape index (κ2) is 7.82. The van der Waals surface area contributed by atoms with Crippen LogP contribution in [0.25, 0.3) is 0 Å². The zero-order valence-electron chi connectivity index (χ0n) is 12.7. The minimum absolute atomic E-state index is 0.263. The Labute approximate surface area is 151 Å². The van der Waals surface area contributed by atoms with Crippen LogP contribution < -0.4 is 10.2 Å². The topological polar surface area (TPSA) is 114 Å². The molecule has 2 aromatic rings. The number of carbonyl (C=O) groups is 1. The molecular weight excluding hydrogens is 373 g/mol. The highest BCUT2D eigenvalue weighted by molar-refractivity contribution is 6.36. The van der Waals surface area contributed by atoms with Gasteiger partial charge in [-0.05, 0) is 18.2 Å². The molecule has 2 N–H and O–H groups in total. The summed E-state index contributed by atoms with van der Waals surface area (Å²) >= 11 is 11.9. The van der Waals surface area contributed by atoms with Crippen LogP contribution in [0, 0.1) is 10.1 Å². The molecule has 0 aromatic heterocycles. The lowest BCUT2D eigenvalue weighted by Crippen LogP contribution is -2.18. The van der Waals surface area contributed by atoms with Crippen LogP contribution in [-0.2, 0) is 0 Å². The number of hydrazone groups is 1. The fourth-order valence-electron chi connectivity index (χ4n) is 1.93. The SMILES string of the molecule is COc1c(Cl)cc(Cl)cc1/C=N\NC(=O)c1cc([N+](=O)[O-])ccc1O. The van der Waals surface area contributed by atoms with Crippen molar-refractivity contribution in [2.45, 2.75) is 0 Å². The number of halogens is 2. The zero-order chi connectivity index (χ0) is 18.6. The molecule has 0 aliphatic carbocycles. The maximum Gasteiger partial charge on any atom is 0.275 e. The molecule has 1 amide bonds. The molecule has 0 unspecified atom stereocenters. The number of aromatic hydroxyl groups is 1. The van der Waals surface area contributed by atoms with Crippen LogP contribution in [0.15, 0.2) is 35.4 Å². The quantitative estimate of drug-likeness (QED) is 0.466. The average Bonchev–Trinajstić information content (AvgIpc) is 2.54. The summed E-state index contributed by atoms with van der Waals surface area (Å²) in [6.45, 7) is 0. The molecule has 0 spiro atoms. The molecule has 0 aliphatic rings. The third kappa shape index (κ3) is 4.37. The molecule has 10 heteroatoms. The van der Waals surface area contributed by atoms with Gasteiger partial charge in [-0.3, -0.25) is 14.9 Å². The van der Waals surface area contributed by atoms with Gasteiger partial charge in [0.2, 0.25) is 0 Å². The van der Waals surface area contributed by atoms with Crippen molar-refractivity contribution >= 4 is 41.0 Å². The highest BCUT2D eigenvalue weighted by atomic mass is 35.5. The summed E-state index contributed by atoms with van der Waals surface area (Å²) in [4.78, 5) is 22.1. The summed E-state index contributed by atoms with van der Waals surface area (Å²) < 4.78 is 5.12. The molecule has 0 saturated heterocycles. The molecule has 0 saturated carbocycles. The van der Waals surface area contributed by atoms with Gasteiger partial charge in [0.25, 0.3) is 11.6 Å². The Morgan fingerprint density at radius 3 is 2.72 bits per heavy atom. The Morgan fingerprint density at radius 1 is 1.36 bits per heavy atom. The number of rotatable bonds is 5. The minimum atomic E-state index is -0.829. The molecule has 0 fully saturated rings. The average molecular weight is 384 g/mol. The molecule has 130 valence electrons. The first-order chi connectivity index (χ1) is 11.8. The van der Waals surface area contributed by atoms with Crippen molar-refractivity contribution in [3.63, 3.8) is 0 Å². The van der Waals surface area contributed by atoms with Crippen molar-refractivity contribution in [1.82, 2.24) is 5.43 Å². The van der Waals surface area contributed by atoms with Crippen molar-refractivity contribution in [2.75, 3.05) is 7.11 Å². The number of carbonyl (C=O) groups excluding carboxylic acids is 1. The lowest BCUT2D eigenvalue weighted by molar-refractivity contribution is -0.384. The predicted molar refractivity (Wildman–Crippen MR) is 92.8 cm³/mol. The minimum Gasteiger partial charge on any atom is -0.507 e. The lowest BCUT2D eigenvalue weighted by Gasteiger charge is -2.07. The molecule has 0 heterocycles. The molecule has 2 rings (SSSR count). The van der Waals surface area contributed by atoms with Crippen LogP contribution in [0.1, 0.15) is 15.9 Å². The monoisotopic (exact) mass is 383 g/mol. The fraction of sp³-hybridized carbons (Fsp3) is 0.0667. The number of phenolic OH excluding ortho intramolecular Hbond substituents is 1. The van der Waals surface area contributed by atoms with Crippen LogP contribution in [0.3, 0.4) is 0 Å². The van der Waals surface area contributed by atoms with Gasteiger partial charge in [0.15, 0.2) is 0 Å². The van der Waals surface area contributed by atoms with E-state index in [-0.39, 0.29) is 16.3 Å². The summed E-state index contributed by atoms with van der Waals surface area (Å²) in [7, 11) is 1.41. The van der Waals surface area contributed by atoms with E-state index < -0.39 is 16.6 Å². The number of hydrogen-bond donors (Lipinski definition) is 2. The maximum atomic E-state index is 12.0. The largest absolute Gasteiger partial charge is 0.507 e. The van der Waals surface area contributed by atoms with Gasteiger partial charge < -0.3 is 9.84 Å². The number of nitrogens with zero attached hydrogens (tertiary/aromatic N) is 2. The maximum absolute atomic E-state index is 12.0. The number of benzene rings is 2. The van der Waals surface area contributed by atoms with Gasteiger partial charge in [-0.2, -0.15) is 5.10 Å². The number of methoxy groups -OCH3 is 1. The third-order valence-electron chi connectivity index (χ3n) is 3.05. The highest BCUT2D eigenvalue weighted by Gasteiger charge is 2.16. The number of nitro groups is 1. The van der Waals surface area contributed by atoms with Gasteiger partial charge in [0, 0.05) is 22.7 Å². The third-order valence-corrected chi connectivity index (χ3v) is 3.55. The molecule has 0 aliphatic heterocycles. The van der Waals surface area contributed by atoms with Gasteiger partial charge in [0.1, 0.15) is 11.5 Å². The van der Waals surface area contributed by atoms with E-state index in [2.05, 4.69) is 10.5 Å². The molecule has 2 aromatic carbocycles. The molecule has 0 atom stereocenters. The number of ether oxygens (including phenoxy) is 1. The number of hydrogen-bond acceptors (Lipinski definition) is 6. The van der Waals surface area contributed by atoms with E-state index in [1.165, 1.54) is 25.5 Å². The summed E-state index contributed by atoms with van der Waals surface area (Å²) in [5.41, 5.74) is 1.93. The van der Waals surface area contributed by atoms with E-state index in [1.54, 1.807) is 0 Å². The van der Waals surface area contributed by atoms with Crippen molar-refractivity contribution in [1.29, 1.82) is 0 Å². The number of non-ortho nitro benzene ring substituents is 1. The van der Waals surface area contributed by atoms with E-state index in [0.29, 0.717) is 16.3 Å². The van der Waals surface area contributed by atoms with Crippen molar-refractivity contribution in [2.24, 2.45) is 5.10 Å². The van der Waals surface area contributed by atoms with Crippen molar-refractivity contribution in [3.05, 3.63) is 61.6 Å². The van der Waals surface area contributed by atoms with Crippen molar-refractivity contribution < 1.29 is 19.6 Å². The zero-order valence-corrected chi connectivity index (χ0v) is 14.2. The van der Waals surface area contributed by atoms with E-state index >= 15 is 0 Å². The summed E-state index contributed by atoms with van der Waals surface area (Å²) in [5, 5.41) is 24.7. The number of nitro benzene ring substituents is 1. The predicted octanol–water partition coefficient (Wildman–Crippen LogP) is 3.38. The fourth-order valence-corrected chi connectivity index (χ4v) is 2.52. The number of phenols is 1. The van der Waals surface area contributed by atoms with Crippen LogP contribution in [0.4, 0.5) is 5.69 Å². The summed E-state index contributed by atoms with van der Waals surface area (Å²) in [5.74, 6) is -0.937. The van der Waals surface area contributed by atoms with Gasteiger partial charge in [-0.1, -0.05) is 23.2 Å². The van der Waals surface area contributed by atoms with Gasteiger partial charge >= 0.3 is 0 Å². The van der Waals surface area contributed by atoms with Crippen LogP contribution in [-0.4, -0.2) is 29.3 Å². The first kappa shape index (κ1) is 18.5. The normalized spacial score (nSPS) is 10.7.